The van der Waals surface area contributed by atoms with Gasteiger partial charge in [-0.1, -0.05) is 24.3 Å². The number of ether oxygens (including phenoxy) is 1. The molecule has 1 aliphatic rings. The molecule has 1 saturated heterocycles. The van der Waals surface area contributed by atoms with Crippen LogP contribution in [0.2, 0.25) is 0 Å². The lowest BCUT2D eigenvalue weighted by atomic mass is 10.1. The van der Waals surface area contributed by atoms with E-state index < -0.39 is 10.0 Å². The molecule has 0 unspecified atom stereocenters. The topological polar surface area (TPSA) is 66.9 Å². The molecule has 28 heavy (non-hydrogen) atoms. The summed E-state index contributed by atoms with van der Waals surface area (Å²) in [6, 6.07) is 12.3. The van der Waals surface area contributed by atoms with E-state index >= 15 is 0 Å². The molecular formula is C21H26N2O4S. The molecule has 1 aliphatic heterocycles. The van der Waals surface area contributed by atoms with Crippen molar-refractivity contribution >= 4 is 15.9 Å². The highest BCUT2D eigenvalue weighted by molar-refractivity contribution is 7.89. The van der Waals surface area contributed by atoms with Crippen LogP contribution in [0.3, 0.4) is 0 Å². The summed E-state index contributed by atoms with van der Waals surface area (Å²) in [7, 11) is -0.265. The Morgan fingerprint density at radius 1 is 1.14 bits per heavy atom. The van der Waals surface area contributed by atoms with Gasteiger partial charge in [-0.15, -0.1) is 0 Å². The Morgan fingerprint density at radius 2 is 1.82 bits per heavy atom. The Hall–Kier alpha value is -2.38. The van der Waals surface area contributed by atoms with Crippen molar-refractivity contribution in [3.05, 3.63) is 59.2 Å². The van der Waals surface area contributed by atoms with Crippen LogP contribution in [0.25, 0.3) is 0 Å². The van der Waals surface area contributed by atoms with Gasteiger partial charge in [0.25, 0.3) is 5.91 Å². The Kier molecular flexibility index (Phi) is 6.05. The van der Waals surface area contributed by atoms with Crippen molar-refractivity contribution in [3.63, 3.8) is 0 Å². The summed E-state index contributed by atoms with van der Waals surface area (Å²) in [6.07, 6.45) is 1.75. The summed E-state index contributed by atoms with van der Waals surface area (Å²) < 4.78 is 32.5. The molecule has 0 spiro atoms. The zero-order chi connectivity index (χ0) is 20.3. The van der Waals surface area contributed by atoms with Gasteiger partial charge in [-0.3, -0.25) is 4.79 Å². The smallest absolute Gasteiger partial charge is 0.254 e. The van der Waals surface area contributed by atoms with Crippen molar-refractivity contribution in [2.24, 2.45) is 0 Å². The second kappa shape index (κ2) is 8.32. The van der Waals surface area contributed by atoms with Crippen LogP contribution in [-0.4, -0.2) is 50.8 Å². The highest BCUT2D eigenvalue weighted by Crippen LogP contribution is 2.25. The van der Waals surface area contributed by atoms with E-state index in [4.69, 9.17) is 4.74 Å². The molecule has 1 heterocycles. The molecule has 2 aromatic carbocycles. The fourth-order valence-corrected chi connectivity index (χ4v) is 4.98. The summed E-state index contributed by atoms with van der Waals surface area (Å²) in [5.74, 6) is 0.492. The normalized spacial score (nSPS) is 14.8. The standard InChI is InChI=1S/C21H26N2O4S/c1-16-10-11-18(28(25,26)23-12-6-7-13-23)14-19(16)21(24)22(2)15-17-8-4-5-9-20(17)27-3/h4-5,8-11,14H,6-7,12-13,15H2,1-3H3. The first kappa shape index (κ1) is 20.4. The van der Waals surface area contributed by atoms with Crippen LogP contribution >= 0.6 is 0 Å². The molecule has 1 amide bonds. The minimum atomic E-state index is -3.56. The maximum atomic E-state index is 13.0. The quantitative estimate of drug-likeness (QED) is 0.745. The van der Waals surface area contributed by atoms with Gasteiger partial charge in [0.05, 0.1) is 12.0 Å². The Labute approximate surface area is 166 Å². The number of sulfonamides is 1. The molecule has 0 bridgehead atoms. The number of benzene rings is 2. The number of methoxy groups -OCH3 is 1. The molecule has 0 N–H and O–H groups in total. The van der Waals surface area contributed by atoms with E-state index in [9.17, 15) is 13.2 Å². The lowest BCUT2D eigenvalue weighted by Gasteiger charge is -2.21. The number of nitrogens with zero attached hydrogens (tertiary/aromatic N) is 2. The SMILES string of the molecule is COc1ccccc1CN(C)C(=O)c1cc(S(=O)(=O)N2CCCC2)ccc1C. The monoisotopic (exact) mass is 402 g/mol. The number of para-hydroxylation sites is 1. The predicted octanol–water partition coefficient (Wildman–Crippen LogP) is 3.06. The molecule has 7 heteroatoms. The van der Waals surface area contributed by atoms with Crippen LogP contribution < -0.4 is 4.74 Å². The van der Waals surface area contributed by atoms with Crippen LogP contribution in [0.5, 0.6) is 5.75 Å². The third-order valence-corrected chi connectivity index (χ3v) is 6.98. The number of carbonyl (C=O) groups excluding carboxylic acids is 1. The van der Waals surface area contributed by atoms with E-state index in [1.165, 1.54) is 10.4 Å². The van der Waals surface area contributed by atoms with Crippen molar-refractivity contribution < 1.29 is 17.9 Å². The van der Waals surface area contributed by atoms with Gasteiger partial charge in [0.1, 0.15) is 5.75 Å². The third-order valence-electron chi connectivity index (χ3n) is 5.09. The lowest BCUT2D eigenvalue weighted by molar-refractivity contribution is 0.0783. The molecule has 3 rings (SSSR count). The summed E-state index contributed by atoms with van der Waals surface area (Å²) in [4.78, 5) is 14.8. The van der Waals surface area contributed by atoms with Crippen molar-refractivity contribution in [3.8, 4) is 5.75 Å². The van der Waals surface area contributed by atoms with Gasteiger partial charge in [0.2, 0.25) is 10.0 Å². The minimum Gasteiger partial charge on any atom is -0.496 e. The van der Waals surface area contributed by atoms with Crippen LogP contribution in [-0.2, 0) is 16.6 Å². The van der Waals surface area contributed by atoms with Crippen LogP contribution in [0.1, 0.15) is 34.3 Å². The second-order valence-corrected chi connectivity index (χ2v) is 9.00. The molecule has 0 radical (unpaired) electrons. The van der Waals surface area contributed by atoms with Crippen LogP contribution in [0.4, 0.5) is 0 Å². The first-order valence-electron chi connectivity index (χ1n) is 9.32. The molecule has 0 atom stereocenters. The number of hydrogen-bond acceptors (Lipinski definition) is 4. The summed E-state index contributed by atoms with van der Waals surface area (Å²) in [6.45, 7) is 3.25. The number of carbonyl (C=O) groups is 1. The molecular weight excluding hydrogens is 376 g/mol. The number of hydrogen-bond donors (Lipinski definition) is 0. The molecule has 1 fully saturated rings. The van der Waals surface area contributed by atoms with E-state index in [0.29, 0.717) is 30.9 Å². The minimum absolute atomic E-state index is 0.175. The average molecular weight is 403 g/mol. The van der Waals surface area contributed by atoms with E-state index in [1.807, 2.05) is 31.2 Å². The fraction of sp³-hybridized carbons (Fsp3) is 0.381. The van der Waals surface area contributed by atoms with Crippen molar-refractivity contribution in [1.29, 1.82) is 0 Å². The van der Waals surface area contributed by atoms with Gasteiger partial charge >= 0.3 is 0 Å². The molecule has 0 saturated carbocycles. The van der Waals surface area contributed by atoms with Gasteiger partial charge in [0, 0.05) is 37.8 Å². The largest absolute Gasteiger partial charge is 0.496 e. The summed E-state index contributed by atoms with van der Waals surface area (Å²) in [5.41, 5.74) is 2.04. The summed E-state index contributed by atoms with van der Waals surface area (Å²) >= 11 is 0. The first-order valence-corrected chi connectivity index (χ1v) is 10.8. The highest BCUT2D eigenvalue weighted by atomic mass is 32.2. The molecule has 150 valence electrons. The molecule has 0 aromatic heterocycles. The van der Waals surface area contributed by atoms with Gasteiger partial charge in [-0.2, -0.15) is 4.31 Å². The zero-order valence-electron chi connectivity index (χ0n) is 16.5. The van der Waals surface area contributed by atoms with Gasteiger partial charge in [0.15, 0.2) is 0 Å². The van der Waals surface area contributed by atoms with E-state index in [0.717, 1.165) is 24.0 Å². The van der Waals surface area contributed by atoms with Crippen molar-refractivity contribution in [2.45, 2.75) is 31.2 Å². The van der Waals surface area contributed by atoms with Crippen LogP contribution in [0.15, 0.2) is 47.4 Å². The van der Waals surface area contributed by atoms with Crippen molar-refractivity contribution in [1.82, 2.24) is 9.21 Å². The van der Waals surface area contributed by atoms with Gasteiger partial charge in [-0.05, 0) is 43.5 Å². The van der Waals surface area contributed by atoms with Crippen molar-refractivity contribution in [2.75, 3.05) is 27.2 Å². The van der Waals surface area contributed by atoms with E-state index in [2.05, 4.69) is 0 Å². The average Bonchev–Trinajstić information content (AvgIpc) is 3.23. The summed E-state index contributed by atoms with van der Waals surface area (Å²) in [5, 5.41) is 0. The number of amides is 1. The third kappa shape index (κ3) is 4.05. The number of aryl methyl sites for hydroxylation is 1. The lowest BCUT2D eigenvalue weighted by Crippen LogP contribution is -2.29. The Morgan fingerprint density at radius 3 is 2.50 bits per heavy atom. The molecule has 0 aliphatic carbocycles. The second-order valence-electron chi connectivity index (χ2n) is 7.06. The number of rotatable bonds is 6. The highest BCUT2D eigenvalue weighted by Gasteiger charge is 2.28. The first-order chi connectivity index (χ1) is 13.3. The maximum absolute atomic E-state index is 13.0. The fourth-order valence-electron chi connectivity index (χ4n) is 3.44. The van der Waals surface area contributed by atoms with E-state index in [-0.39, 0.29) is 10.8 Å². The zero-order valence-corrected chi connectivity index (χ0v) is 17.3. The molecule has 6 nitrogen and oxygen atoms in total. The van der Waals surface area contributed by atoms with Gasteiger partial charge < -0.3 is 9.64 Å². The van der Waals surface area contributed by atoms with Gasteiger partial charge in [-0.25, -0.2) is 8.42 Å². The molecule has 2 aromatic rings. The van der Waals surface area contributed by atoms with Crippen LogP contribution in [0, 0.1) is 6.92 Å². The Balaban J connectivity index is 1.87. The predicted molar refractivity (Wildman–Crippen MR) is 108 cm³/mol. The Bertz CT molecular complexity index is 966. The van der Waals surface area contributed by atoms with E-state index in [1.54, 1.807) is 31.2 Å². The maximum Gasteiger partial charge on any atom is 0.254 e.